The van der Waals surface area contributed by atoms with Gasteiger partial charge in [-0.25, -0.2) is 0 Å². The molecular formula is C51H91NO7. The Kier molecular flexibility index (Phi) is 40.1. The third-order valence-electron chi connectivity index (χ3n) is 10.7. The number of ether oxygens (including phenoxy) is 3. The minimum Gasteiger partial charge on any atom is -0.544 e. The number of unbranched alkanes of at least 4 members (excludes halogenated alkanes) is 23. The van der Waals surface area contributed by atoms with E-state index in [4.69, 9.17) is 14.2 Å². The molecule has 2 unspecified atom stereocenters. The molecule has 59 heavy (non-hydrogen) atoms. The van der Waals surface area contributed by atoms with Gasteiger partial charge in [0.1, 0.15) is 12.6 Å². The third kappa shape index (κ3) is 40.5. The van der Waals surface area contributed by atoms with Gasteiger partial charge in [-0.05, 0) is 64.2 Å². The van der Waals surface area contributed by atoms with Crippen LogP contribution in [0.25, 0.3) is 0 Å². The molecule has 0 fully saturated rings. The van der Waals surface area contributed by atoms with Gasteiger partial charge >= 0.3 is 11.9 Å². The molecule has 0 saturated carbocycles. The highest BCUT2D eigenvalue weighted by atomic mass is 16.6. The SMILES string of the molecule is CCCCC/C=C/C=C/CCCCCCCCC(=O)OCC(COCCC(C(=O)[O-])[N+](C)(C)C)OC(=O)CCCCCCCCCCCC/C=C/C=C/CCCCCC. The summed E-state index contributed by atoms with van der Waals surface area (Å²) in [5.41, 5.74) is 0. The van der Waals surface area contributed by atoms with E-state index in [9.17, 15) is 19.5 Å². The molecule has 0 aliphatic rings. The highest BCUT2D eigenvalue weighted by molar-refractivity contribution is 5.70. The number of carbonyl (C=O) groups is 3. The van der Waals surface area contributed by atoms with Crippen molar-refractivity contribution < 1.29 is 38.2 Å². The van der Waals surface area contributed by atoms with Gasteiger partial charge in [0.15, 0.2) is 6.10 Å². The molecule has 0 amide bonds. The predicted molar refractivity (Wildman–Crippen MR) is 245 cm³/mol. The standard InChI is InChI=1S/C51H91NO7/c1-6-8-10-12-14-16-18-20-22-23-24-25-26-28-30-32-34-36-38-40-42-50(54)59-47(45-57-44-43-48(51(55)56)52(3,4)5)46-58-49(53)41-39-37-35-33-31-29-27-21-19-17-15-13-11-9-7-2/h15-22,47-48H,6-14,23-46H2,1-5H3/b17-15+,18-16+,21-19+,22-20+. The largest absolute Gasteiger partial charge is 0.544 e. The lowest BCUT2D eigenvalue weighted by Crippen LogP contribution is -2.55. The van der Waals surface area contributed by atoms with Crippen molar-refractivity contribution >= 4 is 17.9 Å². The van der Waals surface area contributed by atoms with Crippen LogP contribution >= 0.6 is 0 Å². The molecule has 0 saturated heterocycles. The Morgan fingerprint density at radius 3 is 1.31 bits per heavy atom. The first-order valence-electron chi connectivity index (χ1n) is 24.2. The summed E-state index contributed by atoms with van der Waals surface area (Å²) in [6, 6.07) is -0.729. The van der Waals surface area contributed by atoms with Crippen molar-refractivity contribution in [2.75, 3.05) is 41.0 Å². The summed E-state index contributed by atoms with van der Waals surface area (Å²) in [5.74, 6) is -1.75. The second-order valence-corrected chi connectivity index (χ2v) is 17.4. The maximum atomic E-state index is 12.8. The van der Waals surface area contributed by atoms with E-state index in [1.165, 1.54) is 116 Å². The van der Waals surface area contributed by atoms with E-state index in [1.54, 1.807) is 21.1 Å². The van der Waals surface area contributed by atoms with E-state index in [2.05, 4.69) is 62.5 Å². The Bertz CT molecular complexity index is 1110. The molecule has 2 atom stereocenters. The highest BCUT2D eigenvalue weighted by Gasteiger charge is 2.25. The van der Waals surface area contributed by atoms with E-state index in [1.807, 2.05) is 0 Å². The number of carboxylic acids is 1. The van der Waals surface area contributed by atoms with Crippen molar-refractivity contribution in [2.45, 2.75) is 219 Å². The van der Waals surface area contributed by atoms with Crippen molar-refractivity contribution in [2.24, 2.45) is 0 Å². The number of quaternary nitrogens is 1. The van der Waals surface area contributed by atoms with Crippen molar-refractivity contribution in [3.05, 3.63) is 48.6 Å². The molecule has 8 heteroatoms. The fraction of sp³-hybridized carbons (Fsp3) is 0.784. The molecule has 0 aromatic heterocycles. The number of aliphatic carboxylic acids is 1. The van der Waals surface area contributed by atoms with Crippen LogP contribution in [0.5, 0.6) is 0 Å². The summed E-state index contributed by atoms with van der Waals surface area (Å²) in [7, 11) is 5.41. The maximum absolute atomic E-state index is 12.8. The summed E-state index contributed by atoms with van der Waals surface area (Å²) in [6.07, 6.45) is 49.8. The van der Waals surface area contributed by atoms with Gasteiger partial charge in [0.05, 0.1) is 40.3 Å². The first-order chi connectivity index (χ1) is 28.6. The Hall–Kier alpha value is -2.71. The highest BCUT2D eigenvalue weighted by Crippen LogP contribution is 2.15. The van der Waals surface area contributed by atoms with Gasteiger partial charge in [0.25, 0.3) is 0 Å². The van der Waals surface area contributed by atoms with E-state index < -0.39 is 18.1 Å². The Morgan fingerprint density at radius 1 is 0.508 bits per heavy atom. The second kappa shape index (κ2) is 42.0. The van der Waals surface area contributed by atoms with Crippen LogP contribution in [-0.4, -0.2) is 75.5 Å². The Labute approximate surface area is 363 Å². The molecule has 0 spiro atoms. The van der Waals surface area contributed by atoms with Gasteiger partial charge in [0.2, 0.25) is 0 Å². The van der Waals surface area contributed by atoms with E-state index in [0.29, 0.717) is 12.8 Å². The number of hydrogen-bond acceptors (Lipinski definition) is 7. The molecule has 0 radical (unpaired) electrons. The van der Waals surface area contributed by atoms with Gasteiger partial charge < -0.3 is 28.6 Å². The van der Waals surface area contributed by atoms with Gasteiger partial charge in [-0.15, -0.1) is 0 Å². The first-order valence-corrected chi connectivity index (χ1v) is 24.2. The van der Waals surface area contributed by atoms with Crippen molar-refractivity contribution in [1.29, 1.82) is 0 Å². The van der Waals surface area contributed by atoms with Gasteiger partial charge in [-0.1, -0.05) is 172 Å². The summed E-state index contributed by atoms with van der Waals surface area (Å²) in [5, 5.41) is 11.6. The number of rotatable bonds is 43. The van der Waals surface area contributed by atoms with Crippen LogP contribution in [0.2, 0.25) is 0 Å². The lowest BCUT2D eigenvalue weighted by molar-refractivity contribution is -0.889. The number of likely N-dealkylation sites (N-methyl/N-ethyl adjacent to an activating group) is 1. The summed E-state index contributed by atoms with van der Waals surface area (Å²) in [6.45, 7) is 4.61. The zero-order valence-corrected chi connectivity index (χ0v) is 38.9. The fourth-order valence-corrected chi connectivity index (χ4v) is 6.93. The molecule has 0 aliphatic heterocycles. The molecular weight excluding hydrogens is 739 g/mol. The zero-order valence-electron chi connectivity index (χ0n) is 38.9. The van der Waals surface area contributed by atoms with Crippen molar-refractivity contribution in [3.8, 4) is 0 Å². The lowest BCUT2D eigenvalue weighted by atomic mass is 10.1. The number of carbonyl (C=O) groups excluding carboxylic acids is 3. The van der Waals surface area contributed by atoms with Crippen molar-refractivity contribution in [1.82, 2.24) is 0 Å². The van der Waals surface area contributed by atoms with E-state index >= 15 is 0 Å². The lowest BCUT2D eigenvalue weighted by Gasteiger charge is -2.34. The van der Waals surface area contributed by atoms with E-state index in [0.717, 1.165) is 57.8 Å². The molecule has 0 aromatic rings. The summed E-state index contributed by atoms with van der Waals surface area (Å²) < 4.78 is 17.2. The van der Waals surface area contributed by atoms with Crippen LogP contribution in [0.3, 0.4) is 0 Å². The quantitative estimate of drug-likeness (QED) is 0.0261. The minimum absolute atomic E-state index is 0.0354. The van der Waals surface area contributed by atoms with Crippen molar-refractivity contribution in [3.63, 3.8) is 0 Å². The molecule has 0 heterocycles. The smallest absolute Gasteiger partial charge is 0.306 e. The molecule has 0 aromatic carbocycles. The summed E-state index contributed by atoms with van der Waals surface area (Å²) in [4.78, 5) is 36.9. The van der Waals surface area contributed by atoms with Crippen LogP contribution in [0.15, 0.2) is 48.6 Å². The van der Waals surface area contributed by atoms with Gasteiger partial charge in [-0.2, -0.15) is 0 Å². The minimum atomic E-state index is -1.13. The normalized spacial score (nSPS) is 13.3. The Balaban J connectivity index is 4.30. The van der Waals surface area contributed by atoms with Crippen LogP contribution in [0.4, 0.5) is 0 Å². The number of allylic oxidation sites excluding steroid dienone is 8. The van der Waals surface area contributed by atoms with Crippen LogP contribution in [0, 0.1) is 0 Å². The monoisotopic (exact) mass is 830 g/mol. The number of nitrogens with zero attached hydrogens (tertiary/aromatic N) is 1. The number of carboxylic acid groups (broad SMARTS) is 1. The average Bonchev–Trinajstić information content (AvgIpc) is 3.19. The number of hydrogen-bond donors (Lipinski definition) is 0. The average molecular weight is 830 g/mol. The summed E-state index contributed by atoms with van der Waals surface area (Å²) >= 11 is 0. The fourth-order valence-electron chi connectivity index (χ4n) is 6.93. The van der Waals surface area contributed by atoms with Crippen LogP contribution in [-0.2, 0) is 28.6 Å². The first kappa shape index (κ1) is 56.3. The second-order valence-electron chi connectivity index (χ2n) is 17.4. The van der Waals surface area contributed by atoms with Gasteiger partial charge in [0, 0.05) is 19.3 Å². The molecule has 8 nitrogen and oxygen atoms in total. The van der Waals surface area contributed by atoms with Gasteiger partial charge in [-0.3, -0.25) is 9.59 Å². The molecule has 0 N–H and O–H groups in total. The zero-order chi connectivity index (χ0) is 43.5. The molecule has 0 bridgehead atoms. The molecule has 0 aliphatic carbocycles. The third-order valence-corrected chi connectivity index (χ3v) is 10.7. The Morgan fingerprint density at radius 2 is 0.881 bits per heavy atom. The van der Waals surface area contributed by atoms with Crippen LogP contribution in [0.1, 0.15) is 206 Å². The predicted octanol–water partition coefficient (Wildman–Crippen LogP) is 12.3. The number of esters is 2. The van der Waals surface area contributed by atoms with Crippen LogP contribution < -0.4 is 5.11 Å². The topological polar surface area (TPSA) is 102 Å². The molecule has 0 rings (SSSR count). The van der Waals surface area contributed by atoms with E-state index in [-0.39, 0.29) is 42.7 Å². The maximum Gasteiger partial charge on any atom is 0.306 e. The molecule has 342 valence electrons.